The number of piperidine rings is 1. The summed E-state index contributed by atoms with van der Waals surface area (Å²) in [6, 6.07) is 4.04. The first-order valence-corrected chi connectivity index (χ1v) is 11.7. The maximum atomic E-state index is 12.8. The van der Waals surface area contributed by atoms with Crippen LogP contribution in [0.3, 0.4) is 0 Å². The van der Waals surface area contributed by atoms with Crippen molar-refractivity contribution in [1.82, 2.24) is 25.1 Å². The molecule has 1 N–H and O–H groups in total. The van der Waals surface area contributed by atoms with Crippen LogP contribution < -0.4 is 10.2 Å². The number of aryl methyl sites for hydroxylation is 1. The summed E-state index contributed by atoms with van der Waals surface area (Å²) < 4.78 is 0. The molecular weight excluding hydrogens is 396 g/mol. The highest BCUT2D eigenvalue weighted by Crippen LogP contribution is 2.22. The lowest BCUT2D eigenvalue weighted by molar-refractivity contribution is -0.126. The van der Waals surface area contributed by atoms with E-state index in [1.165, 1.54) is 0 Å². The number of rotatable bonds is 6. The normalized spacial score (nSPS) is 19.2. The van der Waals surface area contributed by atoms with Crippen LogP contribution in [-0.4, -0.2) is 72.0 Å². The number of hydrogen-bond donors (Lipinski definition) is 1. The standard InChI is InChI=1S/C22H32N6OS/c1-17-25-20(16-30-17)15-27-8-5-18(6-9-27)22(29)24-14-19-4-3-7-23-21(19)28-12-10-26(2)11-13-28/h3-4,7,16,18H,5-6,8-15H2,1-2H3,(H,24,29). The Bertz CT molecular complexity index is 840. The first-order valence-electron chi connectivity index (χ1n) is 10.9. The summed E-state index contributed by atoms with van der Waals surface area (Å²) in [5, 5.41) is 6.43. The molecule has 30 heavy (non-hydrogen) atoms. The summed E-state index contributed by atoms with van der Waals surface area (Å²) in [5.41, 5.74) is 2.25. The molecule has 0 bridgehead atoms. The van der Waals surface area contributed by atoms with Crippen molar-refractivity contribution in [3.8, 4) is 0 Å². The fourth-order valence-corrected chi connectivity index (χ4v) is 4.86. The molecule has 4 heterocycles. The molecule has 2 fully saturated rings. The molecule has 2 aliphatic heterocycles. The molecule has 2 saturated heterocycles. The molecule has 7 nitrogen and oxygen atoms in total. The van der Waals surface area contributed by atoms with Gasteiger partial charge in [-0.25, -0.2) is 9.97 Å². The highest BCUT2D eigenvalue weighted by atomic mass is 32.1. The van der Waals surface area contributed by atoms with Gasteiger partial charge in [-0.1, -0.05) is 6.07 Å². The molecule has 8 heteroatoms. The monoisotopic (exact) mass is 428 g/mol. The quantitative estimate of drug-likeness (QED) is 0.761. The van der Waals surface area contributed by atoms with Crippen LogP contribution in [0.4, 0.5) is 5.82 Å². The number of anilines is 1. The van der Waals surface area contributed by atoms with Crippen LogP contribution in [0, 0.1) is 12.8 Å². The number of piperazine rings is 1. The molecule has 0 atom stereocenters. The largest absolute Gasteiger partial charge is 0.354 e. The predicted molar refractivity (Wildman–Crippen MR) is 121 cm³/mol. The SMILES string of the molecule is Cc1nc(CN2CCC(C(=O)NCc3cccnc3N3CCN(C)CC3)CC2)cs1. The Labute approximate surface area is 183 Å². The van der Waals surface area contributed by atoms with Crippen LogP contribution in [0.15, 0.2) is 23.7 Å². The minimum absolute atomic E-state index is 0.0992. The van der Waals surface area contributed by atoms with Crippen molar-refractivity contribution in [1.29, 1.82) is 0 Å². The number of hydrogen-bond acceptors (Lipinski definition) is 7. The van der Waals surface area contributed by atoms with Crippen LogP contribution in [0.5, 0.6) is 0 Å². The number of thiazole rings is 1. The van der Waals surface area contributed by atoms with Crippen LogP contribution in [0.1, 0.15) is 29.1 Å². The molecule has 162 valence electrons. The topological polar surface area (TPSA) is 64.6 Å². The minimum atomic E-state index is 0.0992. The van der Waals surface area contributed by atoms with Crippen LogP contribution >= 0.6 is 11.3 Å². The van der Waals surface area contributed by atoms with Crippen molar-refractivity contribution in [2.75, 3.05) is 51.2 Å². The van der Waals surface area contributed by atoms with Gasteiger partial charge >= 0.3 is 0 Å². The fraction of sp³-hybridized carbons (Fsp3) is 0.591. The van der Waals surface area contributed by atoms with Crippen molar-refractivity contribution in [3.05, 3.63) is 40.0 Å². The summed E-state index contributed by atoms with van der Waals surface area (Å²) >= 11 is 1.70. The van der Waals surface area contributed by atoms with Gasteiger partial charge < -0.3 is 15.1 Å². The number of pyridine rings is 1. The van der Waals surface area contributed by atoms with Gasteiger partial charge in [-0.2, -0.15) is 0 Å². The summed E-state index contributed by atoms with van der Waals surface area (Å²) in [5.74, 6) is 1.29. The Morgan fingerprint density at radius 2 is 1.97 bits per heavy atom. The fourth-order valence-electron chi connectivity index (χ4n) is 4.26. The average Bonchev–Trinajstić information content (AvgIpc) is 3.18. The minimum Gasteiger partial charge on any atom is -0.354 e. The third-order valence-corrected chi connectivity index (χ3v) is 6.96. The van der Waals surface area contributed by atoms with Crippen LogP contribution in [0.25, 0.3) is 0 Å². The highest BCUT2D eigenvalue weighted by molar-refractivity contribution is 7.09. The van der Waals surface area contributed by atoms with E-state index in [0.29, 0.717) is 6.54 Å². The van der Waals surface area contributed by atoms with Crippen molar-refractivity contribution in [2.24, 2.45) is 5.92 Å². The van der Waals surface area contributed by atoms with Gasteiger partial charge in [-0.15, -0.1) is 11.3 Å². The van der Waals surface area contributed by atoms with E-state index in [9.17, 15) is 4.79 Å². The molecule has 0 radical (unpaired) electrons. The summed E-state index contributed by atoms with van der Waals surface area (Å²) in [4.78, 5) is 29.0. The Kier molecular flexibility index (Phi) is 6.97. The number of aromatic nitrogens is 2. The molecular formula is C22H32N6OS. The first-order chi connectivity index (χ1) is 14.6. The van der Waals surface area contributed by atoms with E-state index < -0.39 is 0 Å². The van der Waals surface area contributed by atoms with Gasteiger partial charge in [0.2, 0.25) is 5.91 Å². The first kappa shape index (κ1) is 21.2. The molecule has 0 aliphatic carbocycles. The van der Waals surface area contributed by atoms with Gasteiger partial charge in [0, 0.05) is 62.3 Å². The summed E-state index contributed by atoms with van der Waals surface area (Å²) in [7, 11) is 2.15. The van der Waals surface area contributed by atoms with Gasteiger partial charge in [0.15, 0.2) is 0 Å². The molecule has 0 unspecified atom stereocenters. The Morgan fingerprint density at radius 3 is 2.67 bits per heavy atom. The number of nitrogens with one attached hydrogen (secondary N) is 1. The molecule has 0 saturated carbocycles. The maximum Gasteiger partial charge on any atom is 0.223 e. The third-order valence-electron chi connectivity index (χ3n) is 6.13. The van der Waals surface area contributed by atoms with Gasteiger partial charge in [0.25, 0.3) is 0 Å². The number of carbonyl (C=O) groups is 1. The number of likely N-dealkylation sites (N-methyl/N-ethyl adjacent to an activating group) is 1. The summed E-state index contributed by atoms with van der Waals surface area (Å²) in [6.07, 6.45) is 3.67. The van der Waals surface area contributed by atoms with E-state index in [1.807, 2.05) is 19.2 Å². The van der Waals surface area contributed by atoms with Crippen molar-refractivity contribution < 1.29 is 4.79 Å². The zero-order chi connectivity index (χ0) is 20.9. The zero-order valence-electron chi connectivity index (χ0n) is 18.0. The van der Waals surface area contributed by atoms with E-state index in [2.05, 4.69) is 48.5 Å². The van der Waals surface area contributed by atoms with Gasteiger partial charge in [0.1, 0.15) is 5.82 Å². The molecule has 2 aliphatic rings. The van der Waals surface area contributed by atoms with Gasteiger partial charge in [0.05, 0.1) is 10.7 Å². The van der Waals surface area contributed by atoms with E-state index in [-0.39, 0.29) is 11.8 Å². The lowest BCUT2D eigenvalue weighted by Gasteiger charge is -2.34. The lowest BCUT2D eigenvalue weighted by Crippen LogP contribution is -2.45. The Hall–Kier alpha value is -2.03. The lowest BCUT2D eigenvalue weighted by atomic mass is 9.95. The van der Waals surface area contributed by atoms with Crippen molar-refractivity contribution in [3.63, 3.8) is 0 Å². The smallest absolute Gasteiger partial charge is 0.223 e. The van der Waals surface area contributed by atoms with E-state index in [1.54, 1.807) is 11.3 Å². The van der Waals surface area contributed by atoms with Crippen molar-refractivity contribution >= 4 is 23.1 Å². The maximum absolute atomic E-state index is 12.8. The predicted octanol–water partition coefficient (Wildman–Crippen LogP) is 2.13. The number of likely N-dealkylation sites (tertiary alicyclic amines) is 1. The van der Waals surface area contributed by atoms with Crippen LogP contribution in [0.2, 0.25) is 0 Å². The molecule has 4 rings (SSSR count). The average molecular weight is 429 g/mol. The van der Waals surface area contributed by atoms with E-state index in [0.717, 1.165) is 80.7 Å². The van der Waals surface area contributed by atoms with E-state index in [4.69, 9.17) is 0 Å². The molecule has 0 spiro atoms. The van der Waals surface area contributed by atoms with Crippen molar-refractivity contribution in [2.45, 2.75) is 32.9 Å². The highest BCUT2D eigenvalue weighted by Gasteiger charge is 2.26. The summed E-state index contributed by atoms with van der Waals surface area (Å²) in [6.45, 7) is 9.43. The number of amides is 1. The van der Waals surface area contributed by atoms with E-state index >= 15 is 0 Å². The van der Waals surface area contributed by atoms with Crippen LogP contribution in [-0.2, 0) is 17.9 Å². The second-order valence-electron chi connectivity index (χ2n) is 8.40. The molecule has 0 aromatic carbocycles. The number of carbonyl (C=O) groups excluding carboxylic acids is 1. The third kappa shape index (κ3) is 5.36. The van der Waals surface area contributed by atoms with Gasteiger partial charge in [-0.3, -0.25) is 9.69 Å². The Balaban J connectivity index is 1.26. The molecule has 1 amide bonds. The number of nitrogens with zero attached hydrogens (tertiary/aromatic N) is 5. The Morgan fingerprint density at radius 1 is 1.20 bits per heavy atom. The second-order valence-corrected chi connectivity index (χ2v) is 9.46. The van der Waals surface area contributed by atoms with Gasteiger partial charge in [-0.05, 0) is 46.0 Å². The second kappa shape index (κ2) is 9.85. The molecule has 2 aromatic rings. The molecule has 2 aromatic heterocycles. The zero-order valence-corrected chi connectivity index (χ0v) is 18.8.